The van der Waals surface area contributed by atoms with Gasteiger partial charge in [-0.3, -0.25) is 0 Å². The zero-order valence-corrected chi connectivity index (χ0v) is 11.2. The molecule has 100 valence electrons. The molecule has 4 nitrogen and oxygen atoms in total. The monoisotopic (exact) mass is 251 g/mol. The Hall–Kier alpha value is -1.26. The standard InChI is InChI=1S/C14H21NO3/c1-10(2)9-18-15-13-6-7-17-14-5-4-11(16-3)8-12(13)14/h4-5,8,10,13,15H,6-7,9H2,1-3H3. The second-order valence-electron chi connectivity index (χ2n) is 4.92. The Morgan fingerprint density at radius 2 is 2.28 bits per heavy atom. The first-order chi connectivity index (χ1) is 8.70. The topological polar surface area (TPSA) is 39.7 Å². The molecule has 0 aliphatic carbocycles. The highest BCUT2D eigenvalue weighted by atomic mass is 16.6. The molecule has 18 heavy (non-hydrogen) atoms. The summed E-state index contributed by atoms with van der Waals surface area (Å²) in [5.74, 6) is 2.27. The van der Waals surface area contributed by atoms with E-state index < -0.39 is 0 Å². The maximum atomic E-state index is 5.63. The van der Waals surface area contributed by atoms with E-state index in [0.29, 0.717) is 19.1 Å². The highest BCUT2D eigenvalue weighted by molar-refractivity contribution is 5.43. The first-order valence-corrected chi connectivity index (χ1v) is 6.38. The summed E-state index contributed by atoms with van der Waals surface area (Å²) in [6.07, 6.45) is 0.901. The number of hydroxylamine groups is 1. The van der Waals surface area contributed by atoms with Crippen molar-refractivity contribution in [3.05, 3.63) is 23.8 Å². The van der Waals surface area contributed by atoms with E-state index in [0.717, 1.165) is 23.5 Å². The fraction of sp³-hybridized carbons (Fsp3) is 0.571. The van der Waals surface area contributed by atoms with Gasteiger partial charge in [0.1, 0.15) is 11.5 Å². The molecule has 4 heteroatoms. The molecule has 0 saturated heterocycles. The van der Waals surface area contributed by atoms with E-state index in [1.165, 1.54) is 0 Å². The van der Waals surface area contributed by atoms with E-state index in [2.05, 4.69) is 19.3 Å². The molecule has 1 unspecified atom stereocenters. The molecule has 2 rings (SSSR count). The first kappa shape index (κ1) is 13.2. The van der Waals surface area contributed by atoms with Crippen LogP contribution in [0.1, 0.15) is 31.9 Å². The Bertz CT molecular complexity index is 393. The Balaban J connectivity index is 2.06. The van der Waals surface area contributed by atoms with Gasteiger partial charge in [0.05, 0.1) is 26.4 Å². The largest absolute Gasteiger partial charge is 0.497 e. The van der Waals surface area contributed by atoms with Crippen LogP contribution in [0.15, 0.2) is 18.2 Å². The number of hydrogen-bond acceptors (Lipinski definition) is 4. The van der Waals surface area contributed by atoms with Crippen molar-refractivity contribution in [2.75, 3.05) is 20.3 Å². The Labute approximate surface area is 108 Å². The van der Waals surface area contributed by atoms with Crippen LogP contribution in [0.25, 0.3) is 0 Å². The van der Waals surface area contributed by atoms with Crippen LogP contribution in [-0.2, 0) is 4.84 Å². The number of ether oxygens (including phenoxy) is 2. The highest BCUT2D eigenvalue weighted by Crippen LogP contribution is 2.34. The van der Waals surface area contributed by atoms with E-state index >= 15 is 0 Å². The summed E-state index contributed by atoms with van der Waals surface area (Å²) in [4.78, 5) is 5.52. The van der Waals surface area contributed by atoms with Crippen LogP contribution < -0.4 is 15.0 Å². The minimum atomic E-state index is 0.169. The maximum absolute atomic E-state index is 5.63. The third kappa shape index (κ3) is 3.15. The number of nitrogens with one attached hydrogen (secondary N) is 1. The van der Waals surface area contributed by atoms with Gasteiger partial charge in [0.25, 0.3) is 0 Å². The second kappa shape index (κ2) is 6.07. The Kier molecular flexibility index (Phi) is 4.44. The molecule has 0 saturated carbocycles. The normalized spacial score (nSPS) is 18.3. The zero-order valence-electron chi connectivity index (χ0n) is 11.2. The van der Waals surface area contributed by atoms with Crippen molar-refractivity contribution >= 4 is 0 Å². The van der Waals surface area contributed by atoms with Gasteiger partial charge in [-0.1, -0.05) is 13.8 Å². The Morgan fingerprint density at radius 1 is 1.44 bits per heavy atom. The zero-order chi connectivity index (χ0) is 13.0. The van der Waals surface area contributed by atoms with Gasteiger partial charge in [-0.05, 0) is 24.1 Å². The minimum Gasteiger partial charge on any atom is -0.497 e. The molecule has 1 aromatic carbocycles. The van der Waals surface area contributed by atoms with Crippen molar-refractivity contribution in [1.82, 2.24) is 5.48 Å². The van der Waals surface area contributed by atoms with Crippen LogP contribution in [0.3, 0.4) is 0 Å². The summed E-state index contributed by atoms with van der Waals surface area (Å²) >= 11 is 0. The van der Waals surface area contributed by atoms with Crippen LogP contribution in [0.5, 0.6) is 11.5 Å². The molecule has 1 heterocycles. The third-order valence-corrected chi connectivity index (χ3v) is 2.90. The molecule has 0 radical (unpaired) electrons. The number of rotatable bonds is 5. The first-order valence-electron chi connectivity index (χ1n) is 6.38. The molecule has 1 atom stereocenters. The molecule has 0 bridgehead atoms. The average Bonchev–Trinajstić information content (AvgIpc) is 2.38. The molecule has 0 spiro atoms. The van der Waals surface area contributed by atoms with Crippen LogP contribution in [0.2, 0.25) is 0 Å². The number of hydrogen-bond donors (Lipinski definition) is 1. The molecule has 0 amide bonds. The molecule has 1 aromatic rings. The second-order valence-corrected chi connectivity index (χ2v) is 4.92. The van der Waals surface area contributed by atoms with Crippen LogP contribution in [0, 0.1) is 5.92 Å². The van der Waals surface area contributed by atoms with E-state index in [4.69, 9.17) is 14.3 Å². The van der Waals surface area contributed by atoms with Gasteiger partial charge in [-0.25, -0.2) is 0 Å². The van der Waals surface area contributed by atoms with E-state index in [1.807, 2.05) is 18.2 Å². The van der Waals surface area contributed by atoms with Crippen LogP contribution >= 0.6 is 0 Å². The number of methoxy groups -OCH3 is 1. The molecule has 0 aromatic heterocycles. The van der Waals surface area contributed by atoms with Gasteiger partial charge in [0.15, 0.2) is 0 Å². The van der Waals surface area contributed by atoms with E-state index in [9.17, 15) is 0 Å². The highest BCUT2D eigenvalue weighted by Gasteiger charge is 2.22. The maximum Gasteiger partial charge on any atom is 0.124 e. The average molecular weight is 251 g/mol. The fourth-order valence-corrected chi connectivity index (χ4v) is 1.94. The van der Waals surface area contributed by atoms with Gasteiger partial charge in [0, 0.05) is 12.0 Å². The quantitative estimate of drug-likeness (QED) is 0.817. The van der Waals surface area contributed by atoms with Crippen molar-refractivity contribution in [2.24, 2.45) is 5.92 Å². The van der Waals surface area contributed by atoms with Gasteiger partial charge in [-0.15, -0.1) is 0 Å². The lowest BCUT2D eigenvalue weighted by atomic mass is 10.0. The summed E-state index contributed by atoms with van der Waals surface area (Å²) in [5.41, 5.74) is 4.23. The molecule has 1 aliphatic rings. The van der Waals surface area contributed by atoms with Crippen molar-refractivity contribution < 1.29 is 14.3 Å². The van der Waals surface area contributed by atoms with E-state index in [1.54, 1.807) is 7.11 Å². The van der Waals surface area contributed by atoms with Crippen molar-refractivity contribution in [3.8, 4) is 11.5 Å². The lowest BCUT2D eigenvalue weighted by Gasteiger charge is -2.27. The van der Waals surface area contributed by atoms with E-state index in [-0.39, 0.29) is 6.04 Å². The summed E-state index contributed by atoms with van der Waals surface area (Å²) in [6, 6.07) is 6.04. The van der Waals surface area contributed by atoms with Gasteiger partial charge >= 0.3 is 0 Å². The molecule has 1 aliphatic heterocycles. The molecular weight excluding hydrogens is 230 g/mol. The van der Waals surface area contributed by atoms with Crippen molar-refractivity contribution in [3.63, 3.8) is 0 Å². The molecule has 0 fully saturated rings. The fourth-order valence-electron chi connectivity index (χ4n) is 1.94. The Morgan fingerprint density at radius 3 is 3.00 bits per heavy atom. The summed E-state index contributed by atoms with van der Waals surface area (Å²) in [7, 11) is 1.67. The number of fused-ring (bicyclic) bond motifs is 1. The van der Waals surface area contributed by atoms with Gasteiger partial charge < -0.3 is 14.3 Å². The lowest BCUT2D eigenvalue weighted by Crippen LogP contribution is -2.28. The van der Waals surface area contributed by atoms with Crippen molar-refractivity contribution in [1.29, 1.82) is 0 Å². The number of benzene rings is 1. The van der Waals surface area contributed by atoms with Crippen LogP contribution in [-0.4, -0.2) is 20.3 Å². The predicted molar refractivity (Wildman–Crippen MR) is 69.8 cm³/mol. The summed E-state index contributed by atoms with van der Waals surface area (Å²) < 4.78 is 10.9. The SMILES string of the molecule is COc1ccc2c(c1)C(NOCC(C)C)CCO2. The third-order valence-electron chi connectivity index (χ3n) is 2.90. The minimum absolute atomic E-state index is 0.169. The van der Waals surface area contributed by atoms with Crippen LogP contribution in [0.4, 0.5) is 0 Å². The summed E-state index contributed by atoms with van der Waals surface area (Å²) in [6.45, 7) is 5.67. The molecular formula is C14H21NO3. The predicted octanol–water partition coefficient (Wildman–Crippen LogP) is 2.70. The summed E-state index contributed by atoms with van der Waals surface area (Å²) in [5, 5.41) is 0. The van der Waals surface area contributed by atoms with Gasteiger partial charge in [-0.2, -0.15) is 5.48 Å². The van der Waals surface area contributed by atoms with Crippen molar-refractivity contribution in [2.45, 2.75) is 26.3 Å². The molecule has 1 N–H and O–H groups in total. The van der Waals surface area contributed by atoms with Gasteiger partial charge in [0.2, 0.25) is 0 Å². The smallest absolute Gasteiger partial charge is 0.124 e. The lowest BCUT2D eigenvalue weighted by molar-refractivity contribution is -0.00815.